The monoisotopic (exact) mass is 659 g/mol. The first-order valence-electron chi connectivity index (χ1n) is 14.0. The summed E-state index contributed by atoms with van der Waals surface area (Å²) in [5.74, 6) is -7.65. The molecule has 1 saturated heterocycles. The Bertz CT molecular complexity index is 1390. The molecule has 3 rings (SSSR count). The summed E-state index contributed by atoms with van der Waals surface area (Å²) >= 11 is 0.981. The van der Waals surface area contributed by atoms with E-state index in [1.807, 2.05) is 0 Å². The van der Waals surface area contributed by atoms with Crippen molar-refractivity contribution in [1.29, 1.82) is 0 Å². The molecule has 0 aliphatic carbocycles. The van der Waals surface area contributed by atoms with Gasteiger partial charge in [0.25, 0.3) is 0 Å². The van der Waals surface area contributed by atoms with Crippen LogP contribution in [0.5, 0.6) is 0 Å². The second-order valence-corrected chi connectivity index (χ2v) is 12.9. The molecule has 0 bridgehead atoms. The lowest BCUT2D eigenvalue weighted by molar-refractivity contribution is -0.212. The molecule has 1 unspecified atom stereocenters. The van der Waals surface area contributed by atoms with E-state index in [1.54, 1.807) is 34.6 Å². The van der Waals surface area contributed by atoms with Gasteiger partial charge in [-0.3, -0.25) is 19.2 Å². The fourth-order valence-electron chi connectivity index (χ4n) is 4.54. The predicted molar refractivity (Wildman–Crippen MR) is 153 cm³/mol. The van der Waals surface area contributed by atoms with Crippen LogP contribution in [0.25, 0.3) is 11.3 Å². The fourth-order valence-corrected chi connectivity index (χ4v) is 5.88. The van der Waals surface area contributed by atoms with E-state index in [9.17, 15) is 32.3 Å². The van der Waals surface area contributed by atoms with Crippen molar-refractivity contribution in [3.8, 4) is 11.3 Å². The summed E-state index contributed by atoms with van der Waals surface area (Å²) in [5, 5.41) is 7.16. The highest BCUT2D eigenvalue weighted by molar-refractivity contribution is 8.01. The summed E-state index contributed by atoms with van der Waals surface area (Å²) in [6.07, 6.45) is -2.58. The minimum absolute atomic E-state index is 0.100. The third-order valence-corrected chi connectivity index (χ3v) is 7.97. The van der Waals surface area contributed by atoms with Crippen LogP contribution in [0.3, 0.4) is 0 Å². The van der Waals surface area contributed by atoms with Gasteiger partial charge in [-0.2, -0.15) is 0 Å². The maximum Gasteiger partial charge on any atom is 0.319 e. The standard InChI is InChI=1S/C29H36F3N3O9S/c1-13(2)26(27(39)44-29(6,7)8)45-28-25(42-16(5)38)23(24(41-15(4)37)21(43-28)12-40-14(3)36)35-11-20(33-34-35)17-9-18(30)22(32)19(31)10-17/h9-11,13,21,23-26,28H,12H2,1-8H3/t21-,23+,24+,25-,26?,28+/m1/s1. The second-order valence-electron chi connectivity index (χ2n) is 11.7. The first-order valence-corrected chi connectivity index (χ1v) is 14.9. The fraction of sp³-hybridized carbons (Fsp3) is 0.586. The minimum Gasteiger partial charge on any atom is -0.463 e. The van der Waals surface area contributed by atoms with Crippen LogP contribution >= 0.6 is 11.8 Å². The second kappa shape index (κ2) is 14.6. The SMILES string of the molecule is CC(=O)OC[C@H]1O[C@@H](SC(C(=O)OC(C)(C)C)C(C)C)[C@H](OC(C)=O)[C@@H](n2cc(-c3cc(F)c(F)c(F)c3)nn2)[C@H]1OC(C)=O. The molecule has 1 fully saturated rings. The first kappa shape index (κ1) is 35.8. The Labute approximate surface area is 262 Å². The maximum absolute atomic E-state index is 14.0. The van der Waals surface area contributed by atoms with E-state index in [-0.39, 0.29) is 17.2 Å². The van der Waals surface area contributed by atoms with Crippen molar-refractivity contribution in [1.82, 2.24) is 15.0 Å². The average molecular weight is 660 g/mol. The quantitative estimate of drug-likeness (QED) is 0.205. The van der Waals surface area contributed by atoms with Gasteiger partial charge in [-0.15, -0.1) is 16.9 Å². The summed E-state index contributed by atoms with van der Waals surface area (Å²) in [6, 6.07) is 0.215. The number of ether oxygens (including phenoxy) is 5. The number of esters is 4. The molecule has 0 saturated carbocycles. The molecule has 16 heteroatoms. The number of rotatable bonds is 10. The number of hydrogen-bond donors (Lipinski definition) is 0. The molecule has 1 aliphatic rings. The van der Waals surface area contributed by atoms with E-state index < -0.39 is 88.6 Å². The summed E-state index contributed by atoms with van der Waals surface area (Å²) in [7, 11) is 0. The largest absolute Gasteiger partial charge is 0.463 e. The zero-order valence-electron chi connectivity index (χ0n) is 26.0. The molecule has 0 spiro atoms. The van der Waals surface area contributed by atoms with Gasteiger partial charge in [0.2, 0.25) is 0 Å². The van der Waals surface area contributed by atoms with Crippen LogP contribution in [0.1, 0.15) is 61.4 Å². The molecule has 0 radical (unpaired) electrons. The number of benzene rings is 1. The lowest BCUT2D eigenvalue weighted by Gasteiger charge is -2.45. The van der Waals surface area contributed by atoms with Gasteiger partial charge in [-0.05, 0) is 38.8 Å². The Balaban J connectivity index is 2.16. The Hall–Kier alpha value is -3.66. The van der Waals surface area contributed by atoms with E-state index in [2.05, 4.69) is 10.3 Å². The molecule has 1 aliphatic heterocycles. The van der Waals surface area contributed by atoms with Crippen LogP contribution in [-0.2, 0) is 42.9 Å². The van der Waals surface area contributed by atoms with Crippen molar-refractivity contribution < 1.29 is 56.0 Å². The Kier molecular flexibility index (Phi) is 11.6. The van der Waals surface area contributed by atoms with E-state index in [0.717, 1.165) is 49.3 Å². The number of nitrogens with zero attached hydrogens (tertiary/aromatic N) is 3. The smallest absolute Gasteiger partial charge is 0.319 e. The maximum atomic E-state index is 14.0. The third-order valence-electron chi connectivity index (χ3n) is 6.29. The number of halogens is 3. The van der Waals surface area contributed by atoms with Gasteiger partial charge < -0.3 is 23.7 Å². The Morgan fingerprint density at radius 1 is 0.978 bits per heavy atom. The van der Waals surface area contributed by atoms with Gasteiger partial charge in [0.15, 0.2) is 29.7 Å². The average Bonchev–Trinajstić information content (AvgIpc) is 3.38. The summed E-state index contributed by atoms with van der Waals surface area (Å²) in [6.45, 7) is 11.7. The number of carbonyl (C=O) groups is 4. The van der Waals surface area contributed by atoms with E-state index >= 15 is 0 Å². The van der Waals surface area contributed by atoms with Gasteiger partial charge in [0, 0.05) is 26.3 Å². The van der Waals surface area contributed by atoms with Gasteiger partial charge in [0.05, 0.1) is 6.20 Å². The molecule has 1 aromatic carbocycles. The Morgan fingerprint density at radius 3 is 2.07 bits per heavy atom. The Morgan fingerprint density at radius 2 is 1.56 bits per heavy atom. The molecule has 12 nitrogen and oxygen atoms in total. The molecule has 248 valence electrons. The highest BCUT2D eigenvalue weighted by Crippen LogP contribution is 2.42. The summed E-state index contributed by atoms with van der Waals surface area (Å²) in [5.41, 5.74) is -2.23. The van der Waals surface area contributed by atoms with Crippen LogP contribution in [0.15, 0.2) is 18.3 Å². The molecule has 2 aromatic rings. The molecular formula is C29H36F3N3O9S. The van der Waals surface area contributed by atoms with Crippen molar-refractivity contribution in [3.05, 3.63) is 35.8 Å². The predicted octanol–water partition coefficient (Wildman–Crippen LogP) is 4.15. The molecule has 45 heavy (non-hydrogen) atoms. The van der Waals surface area contributed by atoms with Gasteiger partial charge in [0.1, 0.15) is 40.7 Å². The van der Waals surface area contributed by atoms with Gasteiger partial charge >= 0.3 is 23.9 Å². The van der Waals surface area contributed by atoms with E-state index in [4.69, 9.17) is 23.7 Å². The van der Waals surface area contributed by atoms with Crippen LogP contribution in [0.4, 0.5) is 13.2 Å². The van der Waals surface area contributed by atoms with Gasteiger partial charge in [-0.1, -0.05) is 19.1 Å². The van der Waals surface area contributed by atoms with Crippen LogP contribution < -0.4 is 0 Å². The van der Waals surface area contributed by atoms with Crippen molar-refractivity contribution in [3.63, 3.8) is 0 Å². The number of carbonyl (C=O) groups excluding carboxylic acids is 4. The molecule has 0 N–H and O–H groups in total. The molecule has 2 heterocycles. The van der Waals surface area contributed by atoms with Crippen molar-refractivity contribution >= 4 is 35.6 Å². The zero-order chi connectivity index (χ0) is 33.8. The van der Waals surface area contributed by atoms with Crippen LogP contribution in [0, 0.1) is 23.4 Å². The molecule has 6 atom stereocenters. The lowest BCUT2D eigenvalue weighted by Crippen LogP contribution is -2.58. The normalized spacial score (nSPS) is 22.4. The lowest BCUT2D eigenvalue weighted by atomic mass is 9.96. The highest BCUT2D eigenvalue weighted by Gasteiger charge is 2.53. The van der Waals surface area contributed by atoms with Crippen molar-refractivity contribution in [2.75, 3.05) is 6.61 Å². The summed E-state index contributed by atoms with van der Waals surface area (Å²) < 4.78 is 71.1. The topological polar surface area (TPSA) is 145 Å². The number of aromatic nitrogens is 3. The van der Waals surface area contributed by atoms with E-state index in [0.29, 0.717) is 0 Å². The van der Waals surface area contributed by atoms with Gasteiger partial charge in [-0.25, -0.2) is 17.9 Å². The van der Waals surface area contributed by atoms with E-state index in [1.165, 1.54) is 6.20 Å². The summed E-state index contributed by atoms with van der Waals surface area (Å²) in [4.78, 5) is 49.7. The molecular weight excluding hydrogens is 623 g/mol. The van der Waals surface area contributed by atoms with Crippen LogP contribution in [0.2, 0.25) is 0 Å². The van der Waals surface area contributed by atoms with Crippen molar-refractivity contribution in [2.24, 2.45) is 5.92 Å². The van der Waals surface area contributed by atoms with Crippen molar-refractivity contribution in [2.45, 2.75) is 96.0 Å². The highest BCUT2D eigenvalue weighted by atomic mass is 32.2. The molecule has 0 amide bonds. The number of thioether (sulfide) groups is 1. The number of hydrogen-bond acceptors (Lipinski definition) is 12. The first-order chi connectivity index (χ1) is 20.9. The minimum atomic E-state index is -1.67. The molecule has 1 aromatic heterocycles. The third kappa shape index (κ3) is 9.42. The zero-order valence-corrected chi connectivity index (χ0v) is 26.9. The van der Waals surface area contributed by atoms with Crippen LogP contribution in [-0.4, -0.2) is 80.1 Å².